The SMILES string of the molecule is CC(C)(C)C(C)(N)C(=O)O.Cl.Cl. The second kappa shape index (κ2) is 4.90. The standard InChI is InChI=1S/C7H15NO2.2ClH/c1-6(2,3)7(4,8)5(9)10;;/h8H2,1-4H3,(H,9,10);2*1H. The second-order valence-corrected chi connectivity index (χ2v) is 3.76. The third-order valence-electron chi connectivity index (χ3n) is 2.00. The number of halogens is 2. The Kier molecular flexibility index (Phi) is 7.32. The average Bonchev–Trinajstić information content (AvgIpc) is 1.62. The lowest BCUT2D eigenvalue weighted by Crippen LogP contribution is -2.55. The van der Waals surface area contributed by atoms with Crippen LogP contribution in [0.15, 0.2) is 0 Å². The molecule has 0 saturated heterocycles. The van der Waals surface area contributed by atoms with Crippen molar-refractivity contribution >= 4 is 30.8 Å². The zero-order chi connectivity index (χ0) is 8.58. The maximum Gasteiger partial charge on any atom is 0.323 e. The third-order valence-corrected chi connectivity index (χ3v) is 2.00. The van der Waals surface area contributed by atoms with E-state index in [1.54, 1.807) is 20.8 Å². The molecule has 0 bridgehead atoms. The minimum atomic E-state index is -1.15. The van der Waals surface area contributed by atoms with Crippen LogP contribution in [0.25, 0.3) is 0 Å². The smallest absolute Gasteiger partial charge is 0.323 e. The number of aliphatic carboxylic acids is 1. The maximum atomic E-state index is 10.5. The summed E-state index contributed by atoms with van der Waals surface area (Å²) < 4.78 is 0. The van der Waals surface area contributed by atoms with Crippen molar-refractivity contribution < 1.29 is 9.90 Å². The van der Waals surface area contributed by atoms with Crippen molar-refractivity contribution in [2.24, 2.45) is 11.1 Å². The molecule has 0 radical (unpaired) electrons. The van der Waals surface area contributed by atoms with Gasteiger partial charge in [0.05, 0.1) is 0 Å². The first-order valence-corrected chi connectivity index (χ1v) is 3.22. The number of carbonyl (C=O) groups is 1. The van der Waals surface area contributed by atoms with E-state index in [1.165, 1.54) is 6.92 Å². The molecule has 0 aromatic heterocycles. The number of carboxylic acids is 1. The van der Waals surface area contributed by atoms with E-state index in [0.717, 1.165) is 0 Å². The zero-order valence-corrected chi connectivity index (χ0v) is 9.38. The minimum absolute atomic E-state index is 0. The van der Waals surface area contributed by atoms with Crippen LogP contribution in [-0.4, -0.2) is 16.6 Å². The van der Waals surface area contributed by atoms with E-state index in [1.807, 2.05) is 0 Å². The van der Waals surface area contributed by atoms with Gasteiger partial charge in [0.15, 0.2) is 0 Å². The molecule has 3 nitrogen and oxygen atoms in total. The summed E-state index contributed by atoms with van der Waals surface area (Å²) in [6.45, 7) is 6.94. The molecule has 12 heavy (non-hydrogen) atoms. The zero-order valence-electron chi connectivity index (χ0n) is 7.75. The van der Waals surface area contributed by atoms with Gasteiger partial charge in [-0.15, -0.1) is 24.8 Å². The summed E-state index contributed by atoms with van der Waals surface area (Å²) in [7, 11) is 0. The summed E-state index contributed by atoms with van der Waals surface area (Å²) >= 11 is 0. The van der Waals surface area contributed by atoms with Gasteiger partial charge in [0, 0.05) is 0 Å². The first-order valence-electron chi connectivity index (χ1n) is 3.22. The van der Waals surface area contributed by atoms with E-state index < -0.39 is 16.9 Å². The molecule has 0 aliphatic heterocycles. The van der Waals surface area contributed by atoms with Crippen LogP contribution in [0.2, 0.25) is 0 Å². The van der Waals surface area contributed by atoms with Crippen molar-refractivity contribution in [3.8, 4) is 0 Å². The van der Waals surface area contributed by atoms with Gasteiger partial charge in [-0.25, -0.2) is 0 Å². The Morgan fingerprint density at radius 2 is 1.42 bits per heavy atom. The van der Waals surface area contributed by atoms with Crippen LogP contribution in [0.1, 0.15) is 27.7 Å². The normalized spacial score (nSPS) is 15.1. The van der Waals surface area contributed by atoms with E-state index in [9.17, 15) is 4.79 Å². The van der Waals surface area contributed by atoms with Crippen LogP contribution >= 0.6 is 24.8 Å². The molecular weight excluding hydrogens is 201 g/mol. The summed E-state index contributed by atoms with van der Waals surface area (Å²) in [5.41, 5.74) is 3.99. The number of hydrogen-bond donors (Lipinski definition) is 2. The molecule has 3 N–H and O–H groups in total. The molecule has 5 heteroatoms. The molecule has 1 atom stereocenters. The molecule has 0 aromatic carbocycles. The molecule has 0 aliphatic carbocycles. The quantitative estimate of drug-likeness (QED) is 0.703. The number of hydrogen-bond acceptors (Lipinski definition) is 2. The van der Waals surface area contributed by atoms with Gasteiger partial charge in [-0.3, -0.25) is 4.79 Å². The summed E-state index contributed by atoms with van der Waals surface area (Å²) in [5, 5.41) is 8.65. The third kappa shape index (κ3) is 3.61. The van der Waals surface area contributed by atoms with Crippen LogP contribution in [0.3, 0.4) is 0 Å². The molecule has 0 aliphatic rings. The van der Waals surface area contributed by atoms with Crippen LogP contribution in [-0.2, 0) is 4.79 Å². The van der Waals surface area contributed by atoms with Crippen molar-refractivity contribution in [1.82, 2.24) is 0 Å². The first-order chi connectivity index (χ1) is 4.19. The molecule has 0 aromatic rings. The number of rotatable bonds is 1. The Bertz CT molecular complexity index is 152. The van der Waals surface area contributed by atoms with Crippen LogP contribution in [0.5, 0.6) is 0 Å². The van der Waals surface area contributed by atoms with Gasteiger partial charge in [0.25, 0.3) is 0 Å². The monoisotopic (exact) mass is 217 g/mol. The van der Waals surface area contributed by atoms with Gasteiger partial charge in [0.1, 0.15) is 5.54 Å². The molecular formula is C7H17Cl2NO2. The highest BCUT2D eigenvalue weighted by molar-refractivity contribution is 5.85. The molecule has 0 spiro atoms. The molecule has 1 unspecified atom stereocenters. The highest BCUT2D eigenvalue weighted by Gasteiger charge is 2.40. The maximum absolute atomic E-state index is 10.5. The molecule has 0 saturated carbocycles. The Balaban J connectivity index is -0.000000405. The lowest BCUT2D eigenvalue weighted by atomic mass is 9.76. The molecule has 0 fully saturated rings. The van der Waals surface area contributed by atoms with E-state index in [2.05, 4.69) is 0 Å². The summed E-state index contributed by atoms with van der Waals surface area (Å²) in [6.07, 6.45) is 0. The van der Waals surface area contributed by atoms with E-state index in [0.29, 0.717) is 0 Å². The molecule has 0 rings (SSSR count). The largest absolute Gasteiger partial charge is 0.480 e. The van der Waals surface area contributed by atoms with Gasteiger partial charge >= 0.3 is 5.97 Å². The number of carboxylic acid groups (broad SMARTS) is 1. The van der Waals surface area contributed by atoms with Crippen molar-refractivity contribution in [1.29, 1.82) is 0 Å². The Hall–Kier alpha value is 0.01000. The van der Waals surface area contributed by atoms with Gasteiger partial charge in [-0.2, -0.15) is 0 Å². The Morgan fingerprint density at radius 3 is 1.42 bits per heavy atom. The Labute approximate surface area is 85.5 Å². The van der Waals surface area contributed by atoms with Gasteiger partial charge < -0.3 is 10.8 Å². The summed E-state index contributed by atoms with van der Waals surface area (Å²) in [4.78, 5) is 10.5. The van der Waals surface area contributed by atoms with Crippen molar-refractivity contribution in [3.05, 3.63) is 0 Å². The van der Waals surface area contributed by atoms with Crippen LogP contribution in [0, 0.1) is 5.41 Å². The second-order valence-electron chi connectivity index (χ2n) is 3.76. The lowest BCUT2D eigenvalue weighted by molar-refractivity contribution is -0.146. The summed E-state index contributed by atoms with van der Waals surface area (Å²) in [6, 6.07) is 0. The van der Waals surface area contributed by atoms with Gasteiger partial charge in [-0.05, 0) is 12.3 Å². The molecule has 0 amide bonds. The van der Waals surface area contributed by atoms with Gasteiger partial charge in [0.2, 0.25) is 0 Å². The fraction of sp³-hybridized carbons (Fsp3) is 0.857. The highest BCUT2D eigenvalue weighted by Crippen LogP contribution is 2.27. The van der Waals surface area contributed by atoms with Crippen molar-refractivity contribution in [2.45, 2.75) is 33.2 Å². The Morgan fingerprint density at radius 1 is 1.17 bits per heavy atom. The predicted octanol–water partition coefficient (Wildman–Crippen LogP) is 1.68. The lowest BCUT2D eigenvalue weighted by Gasteiger charge is -2.33. The van der Waals surface area contributed by atoms with Gasteiger partial charge in [-0.1, -0.05) is 20.8 Å². The first kappa shape index (κ1) is 17.9. The topological polar surface area (TPSA) is 63.3 Å². The predicted molar refractivity (Wildman–Crippen MR) is 54.2 cm³/mol. The molecule has 0 heterocycles. The molecule has 76 valence electrons. The fourth-order valence-corrected chi connectivity index (χ4v) is 0.321. The highest BCUT2D eigenvalue weighted by atomic mass is 35.5. The van der Waals surface area contributed by atoms with E-state index >= 15 is 0 Å². The fourth-order valence-electron chi connectivity index (χ4n) is 0.321. The average molecular weight is 218 g/mol. The van der Waals surface area contributed by atoms with Crippen LogP contribution in [0.4, 0.5) is 0 Å². The van der Waals surface area contributed by atoms with Crippen molar-refractivity contribution in [2.75, 3.05) is 0 Å². The number of nitrogens with two attached hydrogens (primary N) is 1. The van der Waals surface area contributed by atoms with Crippen LogP contribution < -0.4 is 5.73 Å². The van der Waals surface area contributed by atoms with E-state index in [-0.39, 0.29) is 24.8 Å². The minimum Gasteiger partial charge on any atom is -0.480 e. The summed E-state index contributed by atoms with van der Waals surface area (Å²) in [5.74, 6) is -0.958. The van der Waals surface area contributed by atoms with Crippen molar-refractivity contribution in [3.63, 3.8) is 0 Å². The van der Waals surface area contributed by atoms with E-state index in [4.69, 9.17) is 10.8 Å².